The summed E-state index contributed by atoms with van der Waals surface area (Å²) < 4.78 is 0.697. The van der Waals surface area contributed by atoms with Crippen LogP contribution in [0.2, 0.25) is 0 Å². The SMILES string of the molecule is C=C(CI)CN(Cc1ccccc1)[C@@H](CC(=O)O)C(=O)O. The summed E-state index contributed by atoms with van der Waals surface area (Å²) in [6.45, 7) is 4.62. The first-order valence-corrected chi connectivity index (χ1v) is 7.91. The molecule has 0 bridgehead atoms. The molecule has 1 aromatic rings. The Morgan fingerprint density at radius 2 is 1.86 bits per heavy atom. The Morgan fingerprint density at radius 1 is 1.24 bits per heavy atom. The average molecular weight is 403 g/mol. The van der Waals surface area contributed by atoms with Gasteiger partial charge in [-0.1, -0.05) is 65.1 Å². The van der Waals surface area contributed by atoms with Gasteiger partial charge in [-0.25, -0.2) is 0 Å². The van der Waals surface area contributed by atoms with Gasteiger partial charge in [-0.3, -0.25) is 14.5 Å². The largest absolute Gasteiger partial charge is 0.481 e. The third kappa shape index (κ3) is 6.26. The van der Waals surface area contributed by atoms with Gasteiger partial charge >= 0.3 is 11.9 Å². The Morgan fingerprint density at radius 3 is 2.33 bits per heavy atom. The Labute approximate surface area is 137 Å². The van der Waals surface area contributed by atoms with Crippen molar-refractivity contribution in [3.05, 3.63) is 48.0 Å². The van der Waals surface area contributed by atoms with E-state index in [4.69, 9.17) is 5.11 Å². The second kappa shape index (κ2) is 8.78. The highest BCUT2D eigenvalue weighted by atomic mass is 127. The zero-order chi connectivity index (χ0) is 15.8. The van der Waals surface area contributed by atoms with Crippen LogP contribution in [0.3, 0.4) is 0 Å². The quantitative estimate of drug-likeness (QED) is 0.376. The summed E-state index contributed by atoms with van der Waals surface area (Å²) in [6, 6.07) is 8.33. The number of hydrogen-bond acceptors (Lipinski definition) is 3. The van der Waals surface area contributed by atoms with Crippen molar-refractivity contribution in [2.45, 2.75) is 19.0 Å². The van der Waals surface area contributed by atoms with E-state index in [0.717, 1.165) is 11.1 Å². The Bertz CT molecular complexity index is 504. The van der Waals surface area contributed by atoms with Crippen LogP contribution in [0.5, 0.6) is 0 Å². The molecule has 0 amide bonds. The summed E-state index contributed by atoms with van der Waals surface area (Å²) in [5, 5.41) is 18.2. The van der Waals surface area contributed by atoms with E-state index < -0.39 is 24.4 Å². The standard InChI is InChI=1S/C15H18INO4/c1-11(8-16)9-17(10-12-5-3-2-4-6-12)13(15(20)21)7-14(18)19/h2-6,13H,1,7-10H2,(H,18,19)(H,20,21)/t13-/m0/s1. The number of hydrogen-bond donors (Lipinski definition) is 2. The third-order valence-electron chi connectivity index (χ3n) is 2.94. The van der Waals surface area contributed by atoms with Gasteiger partial charge < -0.3 is 10.2 Å². The molecule has 5 nitrogen and oxygen atoms in total. The minimum atomic E-state index is -1.13. The molecule has 0 aliphatic carbocycles. The minimum absolute atomic E-state index is 0.363. The van der Waals surface area contributed by atoms with E-state index in [0.29, 0.717) is 17.5 Å². The number of halogens is 1. The maximum atomic E-state index is 11.4. The summed E-state index contributed by atoms with van der Waals surface area (Å²) in [7, 11) is 0. The van der Waals surface area contributed by atoms with Crippen LogP contribution in [0.1, 0.15) is 12.0 Å². The average Bonchev–Trinajstić information content (AvgIpc) is 2.44. The van der Waals surface area contributed by atoms with E-state index >= 15 is 0 Å². The van der Waals surface area contributed by atoms with Crippen LogP contribution in [0.15, 0.2) is 42.5 Å². The Balaban J connectivity index is 2.95. The van der Waals surface area contributed by atoms with E-state index in [-0.39, 0.29) is 0 Å². The lowest BCUT2D eigenvalue weighted by Crippen LogP contribution is -2.43. The predicted molar refractivity (Wildman–Crippen MR) is 88.6 cm³/mol. The van der Waals surface area contributed by atoms with E-state index in [2.05, 4.69) is 29.2 Å². The molecule has 114 valence electrons. The van der Waals surface area contributed by atoms with Gasteiger partial charge in [-0.2, -0.15) is 0 Å². The fourth-order valence-corrected chi connectivity index (χ4v) is 2.20. The van der Waals surface area contributed by atoms with Crippen LogP contribution in [-0.4, -0.2) is 44.1 Å². The molecule has 1 rings (SSSR count). The van der Waals surface area contributed by atoms with Gasteiger partial charge in [-0.05, 0) is 5.56 Å². The lowest BCUT2D eigenvalue weighted by Gasteiger charge is -2.28. The van der Waals surface area contributed by atoms with E-state index in [1.807, 2.05) is 30.3 Å². The summed E-state index contributed by atoms with van der Waals surface area (Å²) in [6.07, 6.45) is -0.434. The first kappa shape index (κ1) is 17.6. The third-order valence-corrected chi connectivity index (χ3v) is 4.02. The van der Waals surface area contributed by atoms with Gasteiger partial charge in [0, 0.05) is 17.5 Å². The van der Waals surface area contributed by atoms with Gasteiger partial charge in [0.1, 0.15) is 6.04 Å². The Hall–Kier alpha value is -1.41. The lowest BCUT2D eigenvalue weighted by atomic mass is 10.1. The van der Waals surface area contributed by atoms with Crippen molar-refractivity contribution in [2.24, 2.45) is 0 Å². The van der Waals surface area contributed by atoms with Crippen LogP contribution in [0.4, 0.5) is 0 Å². The number of carboxylic acids is 2. The Kier molecular flexibility index (Phi) is 7.38. The molecule has 1 atom stereocenters. The van der Waals surface area contributed by atoms with Gasteiger partial charge in [0.15, 0.2) is 0 Å². The van der Waals surface area contributed by atoms with Crippen LogP contribution in [0, 0.1) is 0 Å². The molecule has 6 heteroatoms. The zero-order valence-electron chi connectivity index (χ0n) is 11.5. The number of alkyl halides is 1. The van der Waals surface area contributed by atoms with Crippen molar-refractivity contribution in [1.29, 1.82) is 0 Å². The van der Waals surface area contributed by atoms with E-state index in [1.165, 1.54) is 0 Å². The number of carboxylic acid groups (broad SMARTS) is 2. The van der Waals surface area contributed by atoms with Crippen molar-refractivity contribution < 1.29 is 19.8 Å². The second-order valence-corrected chi connectivity index (χ2v) is 5.49. The first-order valence-electron chi connectivity index (χ1n) is 6.39. The molecule has 0 aromatic heterocycles. The fourth-order valence-electron chi connectivity index (χ4n) is 1.96. The number of benzene rings is 1. The normalized spacial score (nSPS) is 12.1. The van der Waals surface area contributed by atoms with Crippen LogP contribution >= 0.6 is 22.6 Å². The predicted octanol–water partition coefficient (Wildman–Crippen LogP) is 2.41. The molecular weight excluding hydrogens is 385 g/mol. The number of nitrogens with zero attached hydrogens (tertiary/aromatic N) is 1. The van der Waals surface area contributed by atoms with Crippen LogP contribution in [-0.2, 0) is 16.1 Å². The molecule has 2 N–H and O–H groups in total. The number of rotatable bonds is 9. The molecule has 1 aromatic carbocycles. The molecule has 0 radical (unpaired) electrons. The molecule has 0 spiro atoms. The maximum absolute atomic E-state index is 11.4. The van der Waals surface area contributed by atoms with Gasteiger partial charge in [-0.15, -0.1) is 0 Å². The zero-order valence-corrected chi connectivity index (χ0v) is 13.7. The van der Waals surface area contributed by atoms with E-state index in [1.54, 1.807) is 4.90 Å². The monoisotopic (exact) mass is 403 g/mol. The van der Waals surface area contributed by atoms with Crippen LogP contribution < -0.4 is 0 Å². The molecule has 0 saturated carbocycles. The minimum Gasteiger partial charge on any atom is -0.481 e. The molecule has 0 aliphatic rings. The molecule has 0 fully saturated rings. The van der Waals surface area contributed by atoms with Crippen molar-refractivity contribution in [3.8, 4) is 0 Å². The molecule has 0 aliphatic heterocycles. The molecule has 0 heterocycles. The number of aliphatic carboxylic acids is 2. The van der Waals surface area contributed by atoms with Gasteiger partial charge in [0.2, 0.25) is 0 Å². The number of carbonyl (C=O) groups is 2. The summed E-state index contributed by atoms with van der Waals surface area (Å²) in [4.78, 5) is 24.0. The second-order valence-electron chi connectivity index (χ2n) is 4.73. The maximum Gasteiger partial charge on any atom is 0.321 e. The highest BCUT2D eigenvalue weighted by Gasteiger charge is 2.28. The lowest BCUT2D eigenvalue weighted by molar-refractivity contribution is -0.149. The van der Waals surface area contributed by atoms with Crippen LogP contribution in [0.25, 0.3) is 0 Å². The topological polar surface area (TPSA) is 77.8 Å². The van der Waals surface area contributed by atoms with Crippen molar-refractivity contribution >= 4 is 34.5 Å². The molecular formula is C15H18INO4. The molecule has 21 heavy (non-hydrogen) atoms. The smallest absolute Gasteiger partial charge is 0.321 e. The highest BCUT2D eigenvalue weighted by molar-refractivity contribution is 14.1. The van der Waals surface area contributed by atoms with Crippen molar-refractivity contribution in [3.63, 3.8) is 0 Å². The van der Waals surface area contributed by atoms with Gasteiger partial charge in [0.05, 0.1) is 6.42 Å². The summed E-state index contributed by atoms with van der Waals surface area (Å²) in [5.41, 5.74) is 1.80. The molecule has 0 saturated heterocycles. The highest BCUT2D eigenvalue weighted by Crippen LogP contribution is 2.14. The van der Waals surface area contributed by atoms with Crippen molar-refractivity contribution in [2.75, 3.05) is 11.0 Å². The summed E-state index contributed by atoms with van der Waals surface area (Å²) >= 11 is 2.15. The summed E-state index contributed by atoms with van der Waals surface area (Å²) in [5.74, 6) is -2.25. The molecule has 0 unspecified atom stereocenters. The fraction of sp³-hybridized carbons (Fsp3) is 0.333. The van der Waals surface area contributed by atoms with E-state index in [9.17, 15) is 14.7 Å². The first-order chi connectivity index (χ1) is 9.93. The van der Waals surface area contributed by atoms with Gasteiger partial charge in [0.25, 0.3) is 0 Å². The van der Waals surface area contributed by atoms with Crippen molar-refractivity contribution in [1.82, 2.24) is 4.90 Å².